The highest BCUT2D eigenvalue weighted by Crippen LogP contribution is 2.19. The van der Waals surface area contributed by atoms with Crippen molar-refractivity contribution in [1.82, 2.24) is 10.5 Å². The molecule has 2 rings (SSSR count). The molecule has 6 heteroatoms. The number of nitrogens with zero attached hydrogens (tertiary/aromatic N) is 1. The molecule has 0 bridgehead atoms. The number of hydrogen-bond acceptors (Lipinski definition) is 5. The summed E-state index contributed by atoms with van der Waals surface area (Å²) < 4.78 is 10.5. The molecule has 0 spiro atoms. The summed E-state index contributed by atoms with van der Waals surface area (Å²) in [7, 11) is 0. The first-order chi connectivity index (χ1) is 11.0. The lowest BCUT2D eigenvalue weighted by atomic mass is 10.1. The Labute approximate surface area is 136 Å². The van der Waals surface area contributed by atoms with Gasteiger partial charge in [0.25, 0.3) is 0 Å². The number of benzene rings is 1. The van der Waals surface area contributed by atoms with Crippen molar-refractivity contribution in [3.63, 3.8) is 0 Å². The lowest BCUT2D eigenvalue weighted by Crippen LogP contribution is -2.39. The Morgan fingerprint density at radius 1 is 1.35 bits per heavy atom. The predicted molar refractivity (Wildman–Crippen MR) is 88.5 cm³/mol. The Balaban J connectivity index is 1.94. The number of hydrogen-bond donors (Lipinski definition) is 2. The van der Waals surface area contributed by atoms with Crippen LogP contribution < -0.4 is 15.4 Å². The van der Waals surface area contributed by atoms with Gasteiger partial charge < -0.3 is 9.26 Å². The Kier molecular flexibility index (Phi) is 5.76. The van der Waals surface area contributed by atoms with E-state index in [1.165, 1.54) is 0 Å². The first-order valence-corrected chi connectivity index (χ1v) is 7.72. The van der Waals surface area contributed by atoms with E-state index in [1.54, 1.807) is 19.9 Å². The number of carbonyl (C=O) groups excluding carboxylic acids is 1. The lowest BCUT2D eigenvalue weighted by Gasteiger charge is -2.20. The summed E-state index contributed by atoms with van der Waals surface area (Å²) in [5.74, 6) is 1.01. The summed E-state index contributed by atoms with van der Waals surface area (Å²) >= 11 is 0. The Hall–Kier alpha value is -2.34. The van der Waals surface area contributed by atoms with E-state index in [-0.39, 0.29) is 18.0 Å². The normalized spacial score (nSPS) is 13.4. The van der Waals surface area contributed by atoms with Crippen LogP contribution in [0.15, 0.2) is 34.9 Å². The summed E-state index contributed by atoms with van der Waals surface area (Å²) in [6.45, 7) is 8.19. The van der Waals surface area contributed by atoms with Crippen molar-refractivity contribution < 1.29 is 14.1 Å². The number of ether oxygens (including phenoxy) is 1. The molecule has 2 aromatic rings. The standard InChI is InChI=1S/C17H23N3O3/c1-5-22-15-8-6-7-14(10-15)12(3)18-13(4)17(21)19-16-9-11(2)20-23-16/h6-10,12-13,18H,5H2,1-4H3,(H,19,21)/t12-,13+/m0/s1. The van der Waals surface area contributed by atoms with Gasteiger partial charge in [-0.05, 0) is 45.4 Å². The minimum Gasteiger partial charge on any atom is -0.494 e. The number of amides is 1. The van der Waals surface area contributed by atoms with Crippen LogP contribution in [0.25, 0.3) is 0 Å². The SMILES string of the molecule is CCOc1cccc([C@H](C)N[C@H](C)C(=O)Nc2cc(C)no2)c1. The first kappa shape index (κ1) is 17.0. The monoisotopic (exact) mass is 317 g/mol. The third-order valence-electron chi connectivity index (χ3n) is 3.44. The van der Waals surface area contributed by atoms with Crippen molar-refractivity contribution in [1.29, 1.82) is 0 Å². The van der Waals surface area contributed by atoms with Gasteiger partial charge in [0.15, 0.2) is 0 Å². The molecule has 2 N–H and O–H groups in total. The molecule has 6 nitrogen and oxygen atoms in total. The number of rotatable bonds is 7. The zero-order valence-electron chi connectivity index (χ0n) is 13.9. The van der Waals surface area contributed by atoms with Gasteiger partial charge >= 0.3 is 0 Å². The van der Waals surface area contributed by atoms with E-state index in [2.05, 4.69) is 15.8 Å². The molecule has 0 aliphatic carbocycles. The van der Waals surface area contributed by atoms with Crippen molar-refractivity contribution in [2.45, 2.75) is 39.8 Å². The maximum atomic E-state index is 12.2. The highest BCUT2D eigenvalue weighted by molar-refractivity contribution is 5.93. The van der Waals surface area contributed by atoms with Gasteiger partial charge in [-0.3, -0.25) is 15.4 Å². The van der Waals surface area contributed by atoms with Gasteiger partial charge in [-0.1, -0.05) is 17.3 Å². The molecule has 0 saturated carbocycles. The molecule has 0 radical (unpaired) electrons. The largest absolute Gasteiger partial charge is 0.494 e. The molecule has 1 aromatic carbocycles. The first-order valence-electron chi connectivity index (χ1n) is 7.72. The summed E-state index contributed by atoms with van der Waals surface area (Å²) in [6.07, 6.45) is 0. The van der Waals surface area contributed by atoms with Crippen LogP contribution >= 0.6 is 0 Å². The lowest BCUT2D eigenvalue weighted by molar-refractivity contribution is -0.118. The third kappa shape index (κ3) is 4.82. The molecule has 23 heavy (non-hydrogen) atoms. The molecular weight excluding hydrogens is 294 g/mol. The summed E-state index contributed by atoms with van der Waals surface area (Å²) in [4.78, 5) is 12.2. The fourth-order valence-corrected chi connectivity index (χ4v) is 2.24. The van der Waals surface area contributed by atoms with Crippen molar-refractivity contribution in [2.75, 3.05) is 11.9 Å². The molecule has 0 unspecified atom stereocenters. The summed E-state index contributed by atoms with van der Waals surface area (Å²) in [6, 6.07) is 9.15. The maximum Gasteiger partial charge on any atom is 0.243 e. The molecule has 0 saturated heterocycles. The fraction of sp³-hybridized carbons (Fsp3) is 0.412. The number of aromatic nitrogens is 1. The van der Waals surface area contributed by atoms with Crippen molar-refractivity contribution in [3.8, 4) is 5.75 Å². The van der Waals surface area contributed by atoms with Gasteiger partial charge in [-0.25, -0.2) is 0 Å². The second-order valence-electron chi connectivity index (χ2n) is 5.44. The smallest absolute Gasteiger partial charge is 0.243 e. The van der Waals surface area contributed by atoms with Crippen molar-refractivity contribution in [2.24, 2.45) is 0 Å². The number of nitrogens with one attached hydrogen (secondary N) is 2. The highest BCUT2D eigenvalue weighted by Gasteiger charge is 2.18. The number of carbonyl (C=O) groups is 1. The average molecular weight is 317 g/mol. The van der Waals surface area contributed by atoms with Crippen LogP contribution in [0, 0.1) is 6.92 Å². The Bertz CT molecular complexity index is 654. The van der Waals surface area contributed by atoms with Gasteiger partial charge in [0.1, 0.15) is 5.75 Å². The minimum absolute atomic E-state index is 0.00705. The fourth-order valence-electron chi connectivity index (χ4n) is 2.24. The molecule has 0 aliphatic heterocycles. The van der Waals surface area contributed by atoms with E-state index < -0.39 is 0 Å². The van der Waals surface area contributed by atoms with Gasteiger partial charge in [0.2, 0.25) is 11.8 Å². The van der Waals surface area contributed by atoms with Crippen molar-refractivity contribution in [3.05, 3.63) is 41.6 Å². The van der Waals surface area contributed by atoms with Crippen LogP contribution in [0.5, 0.6) is 5.75 Å². The number of aryl methyl sites for hydroxylation is 1. The average Bonchev–Trinajstić information content (AvgIpc) is 2.92. The predicted octanol–water partition coefficient (Wildman–Crippen LogP) is 3.06. The zero-order valence-corrected chi connectivity index (χ0v) is 13.9. The highest BCUT2D eigenvalue weighted by atomic mass is 16.5. The minimum atomic E-state index is -0.383. The molecule has 2 atom stereocenters. The second-order valence-corrected chi connectivity index (χ2v) is 5.44. The Morgan fingerprint density at radius 2 is 2.13 bits per heavy atom. The Morgan fingerprint density at radius 3 is 2.78 bits per heavy atom. The maximum absolute atomic E-state index is 12.2. The molecule has 0 aliphatic rings. The molecule has 1 amide bonds. The van der Waals surface area contributed by atoms with Crippen LogP contribution in [0.3, 0.4) is 0 Å². The van der Waals surface area contributed by atoms with Crippen LogP contribution in [-0.4, -0.2) is 23.7 Å². The number of anilines is 1. The molecule has 1 heterocycles. The van der Waals surface area contributed by atoms with Gasteiger partial charge in [0.05, 0.1) is 18.3 Å². The van der Waals surface area contributed by atoms with Gasteiger partial charge in [0, 0.05) is 12.1 Å². The quantitative estimate of drug-likeness (QED) is 0.821. The molecular formula is C17H23N3O3. The van der Waals surface area contributed by atoms with E-state index in [0.717, 1.165) is 17.0 Å². The zero-order chi connectivity index (χ0) is 16.8. The van der Waals surface area contributed by atoms with E-state index >= 15 is 0 Å². The van der Waals surface area contributed by atoms with E-state index in [0.29, 0.717) is 12.5 Å². The molecule has 1 aromatic heterocycles. The summed E-state index contributed by atoms with van der Waals surface area (Å²) in [5, 5.41) is 9.70. The van der Waals surface area contributed by atoms with E-state index in [1.807, 2.05) is 38.1 Å². The van der Waals surface area contributed by atoms with E-state index in [9.17, 15) is 4.79 Å². The molecule has 124 valence electrons. The van der Waals surface area contributed by atoms with E-state index in [4.69, 9.17) is 9.26 Å². The topological polar surface area (TPSA) is 76.4 Å². The van der Waals surface area contributed by atoms with Crippen LogP contribution in [0.4, 0.5) is 5.88 Å². The van der Waals surface area contributed by atoms with Crippen LogP contribution in [0.1, 0.15) is 38.1 Å². The van der Waals surface area contributed by atoms with Crippen LogP contribution in [-0.2, 0) is 4.79 Å². The second kappa shape index (κ2) is 7.78. The van der Waals surface area contributed by atoms with Gasteiger partial charge in [-0.2, -0.15) is 0 Å². The van der Waals surface area contributed by atoms with Crippen molar-refractivity contribution >= 4 is 11.8 Å². The van der Waals surface area contributed by atoms with Gasteiger partial charge in [-0.15, -0.1) is 0 Å². The van der Waals surface area contributed by atoms with Crippen LogP contribution in [0.2, 0.25) is 0 Å². The third-order valence-corrected chi connectivity index (χ3v) is 3.44. The molecule has 0 fully saturated rings. The summed E-state index contributed by atoms with van der Waals surface area (Å²) in [5.41, 5.74) is 1.79.